The van der Waals surface area contributed by atoms with Gasteiger partial charge in [-0.3, -0.25) is 4.79 Å². The van der Waals surface area contributed by atoms with Crippen LogP contribution in [-0.4, -0.2) is 16.2 Å². The number of nitrogens with zero attached hydrogens (tertiary/aromatic N) is 1. The number of aliphatic carboxylic acids is 1. The Morgan fingerprint density at radius 1 is 1.57 bits per heavy atom. The molecule has 1 N–H and O–H groups in total. The van der Waals surface area contributed by atoms with Crippen molar-refractivity contribution < 1.29 is 14.4 Å². The lowest BCUT2D eigenvalue weighted by Gasteiger charge is -1.95. The van der Waals surface area contributed by atoms with Crippen LogP contribution in [0.5, 0.6) is 0 Å². The molecule has 2 aromatic rings. The van der Waals surface area contributed by atoms with Crippen molar-refractivity contribution in [3.8, 4) is 0 Å². The Morgan fingerprint density at radius 2 is 2.36 bits per heavy atom. The second kappa shape index (κ2) is 3.42. The van der Waals surface area contributed by atoms with Crippen LogP contribution in [0.15, 0.2) is 27.3 Å². The highest BCUT2D eigenvalue weighted by Gasteiger charge is 2.07. The number of carboxylic acids is 1. The highest BCUT2D eigenvalue weighted by molar-refractivity contribution is 9.10. The van der Waals surface area contributed by atoms with E-state index < -0.39 is 5.97 Å². The van der Waals surface area contributed by atoms with Gasteiger partial charge in [0.25, 0.3) is 0 Å². The monoisotopic (exact) mass is 255 g/mol. The van der Waals surface area contributed by atoms with Crippen molar-refractivity contribution in [1.82, 2.24) is 5.16 Å². The summed E-state index contributed by atoms with van der Waals surface area (Å²) in [4.78, 5) is 10.5. The van der Waals surface area contributed by atoms with Crippen LogP contribution in [0.4, 0.5) is 0 Å². The number of benzene rings is 1. The fourth-order valence-corrected chi connectivity index (χ4v) is 1.62. The predicted octanol–water partition coefficient (Wildman–Crippen LogP) is 2.22. The van der Waals surface area contributed by atoms with Crippen molar-refractivity contribution in [1.29, 1.82) is 0 Å². The van der Waals surface area contributed by atoms with Gasteiger partial charge in [-0.15, -0.1) is 0 Å². The van der Waals surface area contributed by atoms with Gasteiger partial charge in [-0.2, -0.15) is 0 Å². The minimum absolute atomic E-state index is 0.00750. The van der Waals surface area contributed by atoms with E-state index in [2.05, 4.69) is 21.1 Å². The van der Waals surface area contributed by atoms with E-state index in [1.165, 1.54) is 0 Å². The number of hydrogen-bond donors (Lipinski definition) is 1. The van der Waals surface area contributed by atoms with Crippen LogP contribution in [0.3, 0.4) is 0 Å². The summed E-state index contributed by atoms with van der Waals surface area (Å²) in [6.45, 7) is 0. The topological polar surface area (TPSA) is 63.3 Å². The summed E-state index contributed by atoms with van der Waals surface area (Å²) >= 11 is 3.21. The van der Waals surface area contributed by atoms with Gasteiger partial charge < -0.3 is 9.63 Å². The first-order valence-corrected chi connectivity index (χ1v) is 4.72. The summed E-state index contributed by atoms with van der Waals surface area (Å²) < 4.78 is 5.56. The smallest absolute Gasteiger partial charge is 0.307 e. The molecule has 1 heterocycles. The van der Waals surface area contributed by atoms with Gasteiger partial charge in [-0.25, -0.2) is 0 Å². The van der Waals surface area contributed by atoms with E-state index >= 15 is 0 Å². The highest BCUT2D eigenvalue weighted by Crippen LogP contribution is 2.24. The molecular formula is C9H6BrNO3. The fourth-order valence-electron chi connectivity index (χ4n) is 1.24. The van der Waals surface area contributed by atoms with Crippen molar-refractivity contribution in [3.05, 3.63) is 28.4 Å². The molecule has 0 atom stereocenters. The Bertz CT molecular complexity index is 492. The molecule has 0 bridgehead atoms. The summed E-state index contributed by atoms with van der Waals surface area (Å²) in [5.41, 5.74) is 1.37. The van der Waals surface area contributed by atoms with E-state index in [1.807, 2.05) is 0 Å². The zero-order valence-electron chi connectivity index (χ0n) is 7.03. The number of rotatable bonds is 2. The Balaban J connectivity index is 2.49. The molecule has 0 amide bonds. The van der Waals surface area contributed by atoms with Crippen molar-refractivity contribution in [2.45, 2.75) is 6.42 Å². The van der Waals surface area contributed by atoms with Gasteiger partial charge in [0.1, 0.15) is 0 Å². The molecule has 0 saturated carbocycles. The highest BCUT2D eigenvalue weighted by atomic mass is 79.9. The molecule has 1 aromatic heterocycles. The number of carboxylic acid groups (broad SMARTS) is 1. The van der Waals surface area contributed by atoms with Gasteiger partial charge in [-0.05, 0) is 33.6 Å². The first-order valence-electron chi connectivity index (χ1n) is 3.92. The summed E-state index contributed by atoms with van der Waals surface area (Å²) in [7, 11) is 0. The molecule has 72 valence electrons. The number of fused-ring (bicyclic) bond motifs is 1. The summed E-state index contributed by atoms with van der Waals surface area (Å²) in [6.07, 6.45) is 0.00750. The maximum absolute atomic E-state index is 10.5. The van der Waals surface area contributed by atoms with E-state index in [0.717, 1.165) is 10.9 Å². The van der Waals surface area contributed by atoms with Crippen LogP contribution in [0.25, 0.3) is 11.0 Å². The Labute approximate surface area is 87.6 Å². The van der Waals surface area contributed by atoms with Gasteiger partial charge in [0.2, 0.25) is 0 Å². The Hall–Kier alpha value is -1.36. The van der Waals surface area contributed by atoms with Crippen LogP contribution in [0.1, 0.15) is 5.56 Å². The average molecular weight is 256 g/mol. The maximum Gasteiger partial charge on any atom is 0.307 e. The maximum atomic E-state index is 10.5. The first-order chi connectivity index (χ1) is 6.66. The largest absolute Gasteiger partial charge is 0.481 e. The second-order valence-electron chi connectivity index (χ2n) is 2.87. The van der Waals surface area contributed by atoms with Gasteiger partial charge in [0, 0.05) is 0 Å². The molecule has 0 saturated heterocycles. The third-order valence-corrected chi connectivity index (χ3v) is 2.42. The second-order valence-corrected chi connectivity index (χ2v) is 3.63. The SMILES string of the molecule is O=C(O)Cc1ccc2onc(Br)c2c1. The number of aromatic nitrogens is 1. The molecular weight excluding hydrogens is 250 g/mol. The van der Waals surface area contributed by atoms with E-state index in [1.54, 1.807) is 18.2 Å². The molecule has 0 aliphatic rings. The third kappa shape index (κ3) is 1.63. The van der Waals surface area contributed by atoms with E-state index in [-0.39, 0.29) is 6.42 Å². The molecule has 0 aliphatic heterocycles. The lowest BCUT2D eigenvalue weighted by molar-refractivity contribution is -0.136. The predicted molar refractivity (Wildman–Crippen MR) is 53.0 cm³/mol. The molecule has 5 heteroatoms. The van der Waals surface area contributed by atoms with Crippen LogP contribution in [-0.2, 0) is 11.2 Å². The van der Waals surface area contributed by atoms with Crippen molar-refractivity contribution in [2.75, 3.05) is 0 Å². The van der Waals surface area contributed by atoms with Crippen molar-refractivity contribution >= 4 is 32.9 Å². The van der Waals surface area contributed by atoms with Gasteiger partial charge in [0.05, 0.1) is 11.8 Å². The van der Waals surface area contributed by atoms with E-state index in [4.69, 9.17) is 9.63 Å². The lowest BCUT2D eigenvalue weighted by Crippen LogP contribution is -1.99. The Morgan fingerprint density at radius 3 is 3.07 bits per heavy atom. The minimum atomic E-state index is -0.850. The molecule has 1 aromatic carbocycles. The molecule has 14 heavy (non-hydrogen) atoms. The van der Waals surface area contributed by atoms with Crippen LogP contribution < -0.4 is 0 Å². The van der Waals surface area contributed by atoms with E-state index in [9.17, 15) is 4.79 Å². The van der Waals surface area contributed by atoms with Crippen LogP contribution in [0, 0.1) is 0 Å². The molecule has 0 spiro atoms. The van der Waals surface area contributed by atoms with Crippen molar-refractivity contribution in [2.24, 2.45) is 0 Å². The van der Waals surface area contributed by atoms with E-state index in [0.29, 0.717) is 10.2 Å². The molecule has 2 rings (SSSR count). The summed E-state index contributed by atoms with van der Waals surface area (Å²) in [6, 6.07) is 5.18. The zero-order chi connectivity index (χ0) is 10.1. The number of carbonyl (C=O) groups is 1. The Kier molecular flexibility index (Phi) is 2.25. The minimum Gasteiger partial charge on any atom is -0.481 e. The third-order valence-electron chi connectivity index (χ3n) is 1.85. The zero-order valence-corrected chi connectivity index (χ0v) is 8.61. The van der Waals surface area contributed by atoms with Crippen LogP contribution >= 0.6 is 15.9 Å². The normalized spacial score (nSPS) is 10.6. The van der Waals surface area contributed by atoms with Gasteiger partial charge in [0.15, 0.2) is 10.2 Å². The average Bonchev–Trinajstić information content (AvgIpc) is 2.47. The van der Waals surface area contributed by atoms with Crippen molar-refractivity contribution in [3.63, 3.8) is 0 Å². The number of hydrogen-bond acceptors (Lipinski definition) is 3. The quantitative estimate of drug-likeness (QED) is 0.894. The lowest BCUT2D eigenvalue weighted by atomic mass is 10.1. The molecule has 0 aliphatic carbocycles. The van der Waals surface area contributed by atoms with Crippen LogP contribution in [0.2, 0.25) is 0 Å². The standard InChI is InChI=1S/C9H6BrNO3/c10-9-6-3-5(4-8(12)13)1-2-7(6)14-11-9/h1-3H,4H2,(H,12,13). The molecule has 0 unspecified atom stereocenters. The summed E-state index contributed by atoms with van der Waals surface area (Å²) in [5.74, 6) is -0.850. The first kappa shape index (κ1) is 9.21. The molecule has 0 fully saturated rings. The fraction of sp³-hybridized carbons (Fsp3) is 0.111. The van der Waals surface area contributed by atoms with Gasteiger partial charge in [-0.1, -0.05) is 11.2 Å². The van der Waals surface area contributed by atoms with Gasteiger partial charge >= 0.3 is 5.97 Å². The number of halogens is 1. The molecule has 4 nitrogen and oxygen atoms in total. The summed E-state index contributed by atoms with van der Waals surface area (Å²) in [5, 5.41) is 13.1. The molecule has 0 radical (unpaired) electrons.